The zero-order valence-corrected chi connectivity index (χ0v) is 13.7. The summed E-state index contributed by atoms with van der Waals surface area (Å²) in [7, 11) is 1.78. The van der Waals surface area contributed by atoms with E-state index in [1.807, 2.05) is 31.2 Å². The number of hydrogen-bond acceptors (Lipinski definition) is 1. The lowest BCUT2D eigenvalue weighted by molar-refractivity contribution is 0.0785. The first-order valence-corrected chi connectivity index (χ1v) is 7.40. The van der Waals surface area contributed by atoms with Crippen molar-refractivity contribution in [1.29, 1.82) is 0 Å². The van der Waals surface area contributed by atoms with Crippen molar-refractivity contribution in [2.75, 3.05) is 7.05 Å². The number of rotatable bonds is 3. The minimum atomic E-state index is -0.0854. The van der Waals surface area contributed by atoms with E-state index in [0.29, 0.717) is 17.1 Å². The lowest BCUT2D eigenvalue weighted by Crippen LogP contribution is -2.26. The molecule has 0 bridgehead atoms. The van der Waals surface area contributed by atoms with Gasteiger partial charge in [0.15, 0.2) is 0 Å². The van der Waals surface area contributed by atoms with E-state index in [2.05, 4.69) is 22.0 Å². The minimum Gasteiger partial charge on any atom is -0.337 e. The second kappa shape index (κ2) is 6.42. The van der Waals surface area contributed by atoms with Crippen LogP contribution in [0.2, 0.25) is 5.02 Å². The number of aryl methyl sites for hydroxylation is 1. The molecule has 0 aliphatic carbocycles. The maximum Gasteiger partial charge on any atom is 0.255 e. The Morgan fingerprint density at radius 1 is 1.25 bits per heavy atom. The summed E-state index contributed by atoms with van der Waals surface area (Å²) in [6, 6.07) is 13.4. The second-order valence-electron chi connectivity index (χ2n) is 4.77. The molecule has 104 valence electrons. The molecule has 0 aliphatic heterocycles. The first-order valence-electron chi connectivity index (χ1n) is 6.23. The van der Waals surface area contributed by atoms with Gasteiger partial charge in [-0.05, 0) is 30.7 Å². The third kappa shape index (κ3) is 3.62. The fraction of sp³-hybridized carbons (Fsp3) is 0.188. The van der Waals surface area contributed by atoms with Gasteiger partial charge >= 0.3 is 0 Å². The summed E-state index contributed by atoms with van der Waals surface area (Å²) in [5, 5.41) is 0.467. The SMILES string of the molecule is Cc1cccc(CN(C)C(=O)c2cc(Br)ccc2Cl)c1. The molecule has 2 nitrogen and oxygen atoms in total. The summed E-state index contributed by atoms with van der Waals surface area (Å²) >= 11 is 9.46. The van der Waals surface area contributed by atoms with E-state index in [-0.39, 0.29) is 5.91 Å². The van der Waals surface area contributed by atoms with Crippen molar-refractivity contribution in [2.45, 2.75) is 13.5 Å². The van der Waals surface area contributed by atoms with Gasteiger partial charge in [0, 0.05) is 18.1 Å². The number of carbonyl (C=O) groups excluding carboxylic acids is 1. The largest absolute Gasteiger partial charge is 0.337 e. The van der Waals surface area contributed by atoms with E-state index in [0.717, 1.165) is 10.0 Å². The molecule has 0 saturated carbocycles. The average Bonchev–Trinajstić information content (AvgIpc) is 2.40. The van der Waals surface area contributed by atoms with Crippen LogP contribution in [0, 0.1) is 6.92 Å². The standard InChI is InChI=1S/C16H15BrClNO/c1-11-4-3-5-12(8-11)10-19(2)16(20)14-9-13(17)6-7-15(14)18/h3-9H,10H2,1-2H3. The minimum absolute atomic E-state index is 0.0854. The number of carbonyl (C=O) groups is 1. The van der Waals surface area contributed by atoms with Crippen LogP contribution in [0.4, 0.5) is 0 Å². The van der Waals surface area contributed by atoms with Gasteiger partial charge in [-0.3, -0.25) is 4.79 Å². The van der Waals surface area contributed by atoms with Gasteiger partial charge in [0.1, 0.15) is 0 Å². The molecule has 0 aliphatic rings. The topological polar surface area (TPSA) is 20.3 Å². The highest BCUT2D eigenvalue weighted by atomic mass is 79.9. The van der Waals surface area contributed by atoms with Gasteiger partial charge in [0.25, 0.3) is 5.91 Å². The molecule has 0 saturated heterocycles. The molecular weight excluding hydrogens is 338 g/mol. The van der Waals surface area contributed by atoms with Crippen LogP contribution in [0.3, 0.4) is 0 Å². The van der Waals surface area contributed by atoms with E-state index in [1.54, 1.807) is 24.1 Å². The van der Waals surface area contributed by atoms with Crippen molar-refractivity contribution in [1.82, 2.24) is 4.90 Å². The van der Waals surface area contributed by atoms with E-state index in [4.69, 9.17) is 11.6 Å². The Labute approximate surface area is 132 Å². The summed E-state index contributed by atoms with van der Waals surface area (Å²) in [4.78, 5) is 14.1. The van der Waals surface area contributed by atoms with Crippen LogP contribution in [0.15, 0.2) is 46.9 Å². The third-order valence-corrected chi connectivity index (χ3v) is 3.83. The number of hydrogen-bond donors (Lipinski definition) is 0. The molecule has 1 amide bonds. The van der Waals surface area contributed by atoms with Crippen LogP contribution < -0.4 is 0 Å². The van der Waals surface area contributed by atoms with Crippen LogP contribution in [-0.4, -0.2) is 17.9 Å². The van der Waals surface area contributed by atoms with Crippen molar-refractivity contribution in [2.24, 2.45) is 0 Å². The Hall–Kier alpha value is -1.32. The van der Waals surface area contributed by atoms with Gasteiger partial charge in [-0.15, -0.1) is 0 Å². The first-order chi connectivity index (χ1) is 9.47. The van der Waals surface area contributed by atoms with Gasteiger partial charge in [0.2, 0.25) is 0 Å². The number of halogens is 2. The third-order valence-electron chi connectivity index (χ3n) is 3.01. The normalized spacial score (nSPS) is 10.4. The van der Waals surface area contributed by atoms with Crippen LogP contribution in [0.25, 0.3) is 0 Å². The predicted octanol–water partition coefficient (Wildman–Crippen LogP) is 4.68. The number of benzene rings is 2. The quantitative estimate of drug-likeness (QED) is 0.785. The molecule has 0 unspecified atom stereocenters. The van der Waals surface area contributed by atoms with Crippen molar-refractivity contribution >= 4 is 33.4 Å². The van der Waals surface area contributed by atoms with Crippen LogP contribution in [-0.2, 0) is 6.54 Å². The first kappa shape index (κ1) is 15.1. The molecule has 0 spiro atoms. The Morgan fingerprint density at radius 3 is 2.70 bits per heavy atom. The summed E-state index contributed by atoms with van der Waals surface area (Å²) in [6.07, 6.45) is 0. The fourth-order valence-electron chi connectivity index (χ4n) is 2.02. The maximum absolute atomic E-state index is 12.4. The molecule has 0 N–H and O–H groups in total. The molecule has 0 heterocycles. The molecule has 4 heteroatoms. The highest BCUT2D eigenvalue weighted by molar-refractivity contribution is 9.10. The smallest absolute Gasteiger partial charge is 0.255 e. The second-order valence-corrected chi connectivity index (χ2v) is 6.10. The monoisotopic (exact) mass is 351 g/mol. The van der Waals surface area contributed by atoms with Crippen molar-refractivity contribution in [3.63, 3.8) is 0 Å². The van der Waals surface area contributed by atoms with Crippen molar-refractivity contribution < 1.29 is 4.79 Å². The molecule has 0 aromatic heterocycles. The van der Waals surface area contributed by atoms with Gasteiger partial charge in [0.05, 0.1) is 10.6 Å². The lowest BCUT2D eigenvalue weighted by Gasteiger charge is -2.18. The maximum atomic E-state index is 12.4. The summed E-state index contributed by atoms with van der Waals surface area (Å²) < 4.78 is 0.842. The van der Waals surface area contributed by atoms with Crippen molar-refractivity contribution in [3.8, 4) is 0 Å². The Morgan fingerprint density at radius 2 is 2.00 bits per heavy atom. The van der Waals surface area contributed by atoms with Gasteiger partial charge < -0.3 is 4.90 Å². The van der Waals surface area contributed by atoms with E-state index < -0.39 is 0 Å². The fourth-order valence-corrected chi connectivity index (χ4v) is 2.58. The molecule has 0 radical (unpaired) electrons. The van der Waals surface area contributed by atoms with Crippen LogP contribution >= 0.6 is 27.5 Å². The van der Waals surface area contributed by atoms with Gasteiger partial charge in [-0.2, -0.15) is 0 Å². The highest BCUT2D eigenvalue weighted by Gasteiger charge is 2.15. The zero-order chi connectivity index (χ0) is 14.7. The predicted molar refractivity (Wildman–Crippen MR) is 86.1 cm³/mol. The van der Waals surface area contributed by atoms with E-state index >= 15 is 0 Å². The molecular formula is C16H15BrClNO. The Kier molecular flexibility index (Phi) is 4.84. The zero-order valence-electron chi connectivity index (χ0n) is 11.4. The number of nitrogens with zero attached hydrogens (tertiary/aromatic N) is 1. The molecule has 0 fully saturated rings. The van der Waals surface area contributed by atoms with Gasteiger partial charge in [-0.25, -0.2) is 0 Å². The Balaban J connectivity index is 2.18. The molecule has 20 heavy (non-hydrogen) atoms. The molecule has 0 atom stereocenters. The molecule has 2 aromatic rings. The average molecular weight is 353 g/mol. The summed E-state index contributed by atoms with van der Waals surface area (Å²) in [5.41, 5.74) is 2.80. The van der Waals surface area contributed by atoms with Crippen LogP contribution in [0.5, 0.6) is 0 Å². The lowest BCUT2D eigenvalue weighted by atomic mass is 10.1. The Bertz CT molecular complexity index is 642. The van der Waals surface area contributed by atoms with E-state index in [9.17, 15) is 4.79 Å². The van der Waals surface area contributed by atoms with Gasteiger partial charge in [-0.1, -0.05) is 57.4 Å². The molecule has 2 rings (SSSR count). The summed E-state index contributed by atoms with van der Waals surface area (Å²) in [6.45, 7) is 2.60. The van der Waals surface area contributed by atoms with Crippen molar-refractivity contribution in [3.05, 3.63) is 68.7 Å². The number of amides is 1. The summed E-state index contributed by atoms with van der Waals surface area (Å²) in [5.74, 6) is -0.0854. The molecule has 2 aromatic carbocycles. The van der Waals surface area contributed by atoms with E-state index in [1.165, 1.54) is 5.56 Å². The highest BCUT2D eigenvalue weighted by Crippen LogP contribution is 2.22. The van der Waals surface area contributed by atoms with Crippen LogP contribution in [0.1, 0.15) is 21.5 Å².